The van der Waals surface area contributed by atoms with Gasteiger partial charge in [0.2, 0.25) is 0 Å². The van der Waals surface area contributed by atoms with E-state index in [4.69, 9.17) is 0 Å². The van der Waals surface area contributed by atoms with Gasteiger partial charge in [-0.05, 0) is 63.7 Å². The fraction of sp³-hybridized carbons (Fsp3) is 0.0769. The molecule has 2 heteroatoms. The molecular formula is C39H27NS. The highest BCUT2D eigenvalue weighted by Gasteiger charge is 2.37. The fourth-order valence-electron chi connectivity index (χ4n) is 7.29. The van der Waals surface area contributed by atoms with E-state index in [2.05, 4.69) is 146 Å². The number of hydrogen-bond donors (Lipinski definition) is 0. The quantitative estimate of drug-likeness (QED) is 0.205. The molecule has 0 N–H and O–H groups in total. The normalized spacial score (nSPS) is 13.8. The predicted molar refractivity (Wildman–Crippen MR) is 177 cm³/mol. The fourth-order valence-corrected chi connectivity index (χ4v) is 8.53. The summed E-state index contributed by atoms with van der Waals surface area (Å²) < 4.78 is 5.15. The summed E-state index contributed by atoms with van der Waals surface area (Å²) in [7, 11) is 0. The second-order valence-corrected chi connectivity index (χ2v) is 12.8. The molecule has 9 rings (SSSR count). The van der Waals surface area contributed by atoms with Crippen LogP contribution in [0.25, 0.3) is 69.9 Å². The van der Waals surface area contributed by atoms with Crippen molar-refractivity contribution in [2.75, 3.05) is 0 Å². The molecule has 6 aromatic carbocycles. The lowest BCUT2D eigenvalue weighted by Gasteiger charge is -2.21. The highest BCUT2D eigenvalue weighted by molar-refractivity contribution is 7.26. The van der Waals surface area contributed by atoms with Crippen LogP contribution in [0.5, 0.6) is 0 Å². The Kier molecular flexibility index (Phi) is 4.61. The van der Waals surface area contributed by atoms with Crippen LogP contribution in [0.2, 0.25) is 0 Å². The van der Waals surface area contributed by atoms with Crippen molar-refractivity contribution in [1.82, 2.24) is 4.57 Å². The average molecular weight is 542 g/mol. The van der Waals surface area contributed by atoms with Gasteiger partial charge in [-0.1, -0.05) is 111 Å². The highest BCUT2D eigenvalue weighted by atomic mass is 32.1. The van der Waals surface area contributed by atoms with Crippen LogP contribution in [-0.4, -0.2) is 4.57 Å². The third-order valence-corrected chi connectivity index (χ3v) is 10.4. The van der Waals surface area contributed by atoms with E-state index in [1.54, 1.807) is 0 Å². The Morgan fingerprint density at radius 1 is 0.537 bits per heavy atom. The molecule has 0 saturated carbocycles. The number of para-hydroxylation sites is 1. The van der Waals surface area contributed by atoms with Crippen LogP contribution in [0.4, 0.5) is 0 Å². The molecule has 1 nitrogen and oxygen atoms in total. The maximum absolute atomic E-state index is 2.45. The van der Waals surface area contributed by atoms with Gasteiger partial charge in [-0.2, -0.15) is 0 Å². The Morgan fingerprint density at radius 2 is 1.24 bits per heavy atom. The van der Waals surface area contributed by atoms with Gasteiger partial charge in [-0.3, -0.25) is 0 Å². The zero-order valence-electron chi connectivity index (χ0n) is 23.0. The maximum atomic E-state index is 2.45. The molecule has 0 bridgehead atoms. The summed E-state index contributed by atoms with van der Waals surface area (Å²) in [5, 5.41) is 5.35. The Bertz CT molecular complexity index is 2330. The van der Waals surface area contributed by atoms with Crippen molar-refractivity contribution in [3.63, 3.8) is 0 Å². The molecule has 0 aliphatic heterocycles. The molecule has 194 valence electrons. The van der Waals surface area contributed by atoms with Crippen molar-refractivity contribution < 1.29 is 0 Å². The second kappa shape index (κ2) is 8.19. The van der Waals surface area contributed by atoms with E-state index in [0.717, 1.165) is 0 Å². The van der Waals surface area contributed by atoms with Crippen LogP contribution in [-0.2, 0) is 5.41 Å². The first-order valence-electron chi connectivity index (χ1n) is 14.3. The predicted octanol–water partition coefficient (Wildman–Crippen LogP) is 11.1. The number of fused-ring (bicyclic) bond motifs is 10. The molecule has 0 spiro atoms. The number of nitrogens with zero attached hydrogens (tertiary/aromatic N) is 1. The van der Waals surface area contributed by atoms with Gasteiger partial charge < -0.3 is 4.57 Å². The molecule has 0 fully saturated rings. The first kappa shape index (κ1) is 23.1. The molecule has 0 amide bonds. The molecule has 1 aliphatic carbocycles. The van der Waals surface area contributed by atoms with Crippen molar-refractivity contribution in [3.8, 4) is 27.9 Å². The molecular weight excluding hydrogens is 515 g/mol. The van der Waals surface area contributed by atoms with Gasteiger partial charge in [0.05, 0.1) is 11.0 Å². The van der Waals surface area contributed by atoms with Crippen molar-refractivity contribution >= 4 is 53.3 Å². The zero-order valence-corrected chi connectivity index (χ0v) is 23.8. The molecule has 2 aromatic heterocycles. The van der Waals surface area contributed by atoms with Gasteiger partial charge in [0.25, 0.3) is 0 Å². The Hall–Kier alpha value is -4.66. The SMILES string of the molecule is CC1(C)c2ccccc2-c2c1ccc1c2c2ccccc2n1-c1ccc(-c2cccc3c2sc2ccccc23)cc1. The summed E-state index contributed by atoms with van der Waals surface area (Å²) in [5.41, 5.74) is 11.8. The molecule has 41 heavy (non-hydrogen) atoms. The van der Waals surface area contributed by atoms with Crippen LogP contribution in [0.3, 0.4) is 0 Å². The van der Waals surface area contributed by atoms with E-state index in [1.165, 1.54) is 81.0 Å². The van der Waals surface area contributed by atoms with E-state index in [1.807, 2.05) is 11.3 Å². The van der Waals surface area contributed by atoms with Crippen LogP contribution in [0.15, 0.2) is 127 Å². The summed E-state index contributed by atoms with van der Waals surface area (Å²) in [4.78, 5) is 0. The lowest BCUT2D eigenvalue weighted by molar-refractivity contribution is 0.661. The molecule has 0 unspecified atom stereocenters. The van der Waals surface area contributed by atoms with E-state index in [-0.39, 0.29) is 5.41 Å². The molecule has 1 aliphatic rings. The number of benzene rings is 6. The third kappa shape index (κ3) is 3.06. The highest BCUT2D eigenvalue weighted by Crippen LogP contribution is 2.53. The standard InChI is InChI=1S/C39H27NS/c1-39(2)31-15-6-3-11-29(31)36-32(39)22-23-34-37(36)30-12-4-7-16-33(30)40(34)25-20-18-24(19-21-25)26-13-9-14-28-27-10-5-8-17-35(27)41-38(26)28/h3-23H,1-2H3. The topological polar surface area (TPSA) is 4.93 Å². The minimum atomic E-state index is -0.0153. The van der Waals surface area contributed by atoms with Crippen LogP contribution < -0.4 is 0 Å². The van der Waals surface area contributed by atoms with E-state index in [9.17, 15) is 0 Å². The number of rotatable bonds is 2. The van der Waals surface area contributed by atoms with Crippen molar-refractivity contribution in [3.05, 3.63) is 139 Å². The van der Waals surface area contributed by atoms with Gasteiger partial charge >= 0.3 is 0 Å². The third-order valence-electron chi connectivity index (χ3n) is 9.22. The molecule has 0 radical (unpaired) electrons. The Morgan fingerprint density at radius 3 is 2.12 bits per heavy atom. The summed E-state index contributed by atoms with van der Waals surface area (Å²) in [6.07, 6.45) is 0. The van der Waals surface area contributed by atoms with Gasteiger partial charge in [-0.15, -0.1) is 11.3 Å². The lowest BCUT2D eigenvalue weighted by Crippen LogP contribution is -2.14. The van der Waals surface area contributed by atoms with Crippen LogP contribution in [0, 0.1) is 0 Å². The van der Waals surface area contributed by atoms with E-state index in [0.29, 0.717) is 0 Å². The Labute approximate surface area is 242 Å². The number of thiophene rings is 1. The van der Waals surface area contributed by atoms with Crippen LogP contribution in [0.1, 0.15) is 25.0 Å². The molecule has 8 aromatic rings. The van der Waals surface area contributed by atoms with Gasteiger partial charge in [-0.25, -0.2) is 0 Å². The summed E-state index contributed by atoms with van der Waals surface area (Å²) >= 11 is 1.89. The largest absolute Gasteiger partial charge is 0.309 e. The lowest BCUT2D eigenvalue weighted by atomic mass is 9.82. The van der Waals surface area contributed by atoms with Gasteiger partial charge in [0.15, 0.2) is 0 Å². The van der Waals surface area contributed by atoms with Crippen molar-refractivity contribution in [1.29, 1.82) is 0 Å². The van der Waals surface area contributed by atoms with Crippen molar-refractivity contribution in [2.24, 2.45) is 0 Å². The first-order valence-corrected chi connectivity index (χ1v) is 15.1. The van der Waals surface area contributed by atoms with E-state index < -0.39 is 0 Å². The van der Waals surface area contributed by atoms with Crippen molar-refractivity contribution in [2.45, 2.75) is 19.3 Å². The van der Waals surface area contributed by atoms with E-state index >= 15 is 0 Å². The molecule has 0 saturated heterocycles. The number of hydrogen-bond acceptors (Lipinski definition) is 1. The smallest absolute Gasteiger partial charge is 0.0547 e. The summed E-state index contributed by atoms with van der Waals surface area (Å²) in [6, 6.07) is 47.1. The molecule has 0 atom stereocenters. The zero-order chi connectivity index (χ0) is 27.3. The minimum absolute atomic E-state index is 0.0153. The summed E-state index contributed by atoms with van der Waals surface area (Å²) in [5.74, 6) is 0. The number of aromatic nitrogens is 1. The second-order valence-electron chi connectivity index (χ2n) is 11.7. The van der Waals surface area contributed by atoms with Gasteiger partial charge in [0, 0.05) is 42.0 Å². The Balaban J connectivity index is 1.26. The first-order chi connectivity index (χ1) is 20.1. The monoisotopic (exact) mass is 541 g/mol. The summed E-state index contributed by atoms with van der Waals surface area (Å²) in [6.45, 7) is 4.72. The maximum Gasteiger partial charge on any atom is 0.0547 e. The molecule has 2 heterocycles. The average Bonchev–Trinajstić information content (AvgIpc) is 3.63. The minimum Gasteiger partial charge on any atom is -0.309 e. The van der Waals surface area contributed by atoms with Gasteiger partial charge in [0.1, 0.15) is 0 Å². The van der Waals surface area contributed by atoms with Crippen LogP contribution >= 0.6 is 11.3 Å².